The highest BCUT2D eigenvalue weighted by Crippen LogP contribution is 2.35. The Kier molecular flexibility index (Phi) is 3.59. The van der Waals surface area contributed by atoms with Gasteiger partial charge in [-0.2, -0.15) is 0 Å². The zero-order chi connectivity index (χ0) is 15.9. The number of hydrogen-bond donors (Lipinski definition) is 0. The van der Waals surface area contributed by atoms with Crippen molar-refractivity contribution in [1.82, 2.24) is 4.90 Å². The Labute approximate surface area is 145 Å². The third kappa shape index (κ3) is 2.53. The summed E-state index contributed by atoms with van der Waals surface area (Å²) < 4.78 is 0. The van der Waals surface area contributed by atoms with Gasteiger partial charge in [0, 0.05) is 24.8 Å². The number of rotatable bonds is 2. The number of benzene rings is 1. The first-order valence-corrected chi connectivity index (χ1v) is 9.60. The van der Waals surface area contributed by atoms with Crippen molar-refractivity contribution in [3.63, 3.8) is 0 Å². The van der Waals surface area contributed by atoms with Crippen LogP contribution >= 0.6 is 0 Å². The lowest BCUT2D eigenvalue weighted by atomic mass is 9.84. The average molecular weight is 318 g/mol. The molecule has 0 N–H and O–H groups in total. The highest BCUT2D eigenvalue weighted by atomic mass is 15.2. The second kappa shape index (κ2) is 5.93. The van der Waals surface area contributed by atoms with Gasteiger partial charge in [-0.15, -0.1) is 0 Å². The van der Waals surface area contributed by atoms with Gasteiger partial charge in [0.25, 0.3) is 0 Å². The van der Waals surface area contributed by atoms with Gasteiger partial charge in [-0.25, -0.2) is 0 Å². The molecule has 1 unspecified atom stereocenters. The van der Waals surface area contributed by atoms with E-state index in [2.05, 4.69) is 52.3 Å². The van der Waals surface area contributed by atoms with Crippen molar-refractivity contribution in [3.05, 3.63) is 58.7 Å². The standard InChI is InChI=1S/C22H26N2/c1-2-10-23(9-1)21-7-5-17-13-18-6-8-22(24-11-3-4-12-24)16-20(18)14-19(17)15-21/h5-8,13,15-16,21H,1-4,9-12,14H2. The minimum atomic E-state index is 0.517. The van der Waals surface area contributed by atoms with E-state index in [9.17, 15) is 0 Å². The Hall–Kier alpha value is -1.80. The van der Waals surface area contributed by atoms with Crippen LogP contribution in [0.15, 0.2) is 47.6 Å². The predicted octanol–water partition coefficient (Wildman–Crippen LogP) is 4.19. The summed E-state index contributed by atoms with van der Waals surface area (Å²) in [5, 5.41) is 0. The number of hydrogen-bond acceptors (Lipinski definition) is 2. The molecule has 0 radical (unpaired) electrons. The lowest BCUT2D eigenvalue weighted by Crippen LogP contribution is -2.31. The van der Waals surface area contributed by atoms with Crippen LogP contribution < -0.4 is 4.90 Å². The second-order valence-electron chi connectivity index (χ2n) is 7.64. The molecule has 2 nitrogen and oxygen atoms in total. The highest BCUT2D eigenvalue weighted by molar-refractivity contribution is 5.72. The molecule has 5 rings (SSSR count). The molecule has 2 heteroatoms. The molecule has 1 atom stereocenters. The van der Waals surface area contributed by atoms with E-state index in [4.69, 9.17) is 0 Å². The summed E-state index contributed by atoms with van der Waals surface area (Å²) in [6, 6.07) is 7.60. The van der Waals surface area contributed by atoms with Gasteiger partial charge in [-0.3, -0.25) is 4.90 Å². The molecule has 24 heavy (non-hydrogen) atoms. The van der Waals surface area contributed by atoms with Crippen LogP contribution in [-0.2, 0) is 6.42 Å². The molecule has 0 bridgehead atoms. The van der Waals surface area contributed by atoms with Crippen LogP contribution in [0.3, 0.4) is 0 Å². The van der Waals surface area contributed by atoms with E-state index >= 15 is 0 Å². The Morgan fingerprint density at radius 1 is 0.917 bits per heavy atom. The van der Waals surface area contributed by atoms with E-state index in [0.717, 1.165) is 6.42 Å². The minimum Gasteiger partial charge on any atom is -0.372 e. The number of allylic oxidation sites excluding steroid dienone is 3. The number of nitrogens with zero attached hydrogens (tertiary/aromatic N) is 2. The van der Waals surface area contributed by atoms with E-state index in [0.29, 0.717) is 6.04 Å². The van der Waals surface area contributed by atoms with Gasteiger partial charge in [0.05, 0.1) is 0 Å². The second-order valence-corrected chi connectivity index (χ2v) is 7.64. The Bertz CT molecular complexity index is 728. The molecular weight excluding hydrogens is 292 g/mol. The van der Waals surface area contributed by atoms with Crippen molar-refractivity contribution in [2.24, 2.45) is 0 Å². The fraction of sp³-hybridized carbons (Fsp3) is 0.455. The SMILES string of the molecule is C1=CC(N2CCCC2)C=C2Cc3cc(N4CCCC4)ccc3C=C12. The third-order valence-electron chi connectivity index (χ3n) is 6.07. The van der Waals surface area contributed by atoms with Crippen LogP contribution in [0.25, 0.3) is 6.08 Å². The largest absolute Gasteiger partial charge is 0.372 e. The van der Waals surface area contributed by atoms with E-state index in [1.165, 1.54) is 79.8 Å². The van der Waals surface area contributed by atoms with Crippen molar-refractivity contribution in [1.29, 1.82) is 0 Å². The fourth-order valence-electron chi connectivity index (χ4n) is 4.67. The third-order valence-corrected chi connectivity index (χ3v) is 6.07. The molecule has 4 aliphatic rings. The van der Waals surface area contributed by atoms with Crippen molar-refractivity contribution in [2.45, 2.75) is 38.1 Å². The number of likely N-dealkylation sites (tertiary alicyclic amines) is 1. The van der Waals surface area contributed by atoms with Crippen molar-refractivity contribution in [3.8, 4) is 0 Å². The van der Waals surface area contributed by atoms with E-state index in [-0.39, 0.29) is 0 Å². The van der Waals surface area contributed by atoms with Crippen LogP contribution in [0, 0.1) is 0 Å². The summed E-state index contributed by atoms with van der Waals surface area (Å²) >= 11 is 0. The summed E-state index contributed by atoms with van der Waals surface area (Å²) in [4.78, 5) is 5.16. The van der Waals surface area contributed by atoms with Gasteiger partial charge in [-0.1, -0.05) is 24.3 Å². The molecule has 2 saturated heterocycles. The van der Waals surface area contributed by atoms with Gasteiger partial charge in [-0.05, 0) is 85.7 Å². The molecule has 0 saturated carbocycles. The first-order valence-electron chi connectivity index (χ1n) is 9.60. The van der Waals surface area contributed by atoms with Crippen LogP contribution in [0.1, 0.15) is 36.8 Å². The van der Waals surface area contributed by atoms with E-state index < -0.39 is 0 Å². The van der Waals surface area contributed by atoms with E-state index in [1.807, 2.05) is 0 Å². The summed E-state index contributed by atoms with van der Waals surface area (Å²) in [6.07, 6.45) is 16.1. The van der Waals surface area contributed by atoms with Crippen LogP contribution in [0.2, 0.25) is 0 Å². The zero-order valence-corrected chi connectivity index (χ0v) is 14.4. The van der Waals surface area contributed by atoms with Crippen LogP contribution in [0.5, 0.6) is 0 Å². The maximum Gasteiger partial charge on any atom is 0.0470 e. The minimum absolute atomic E-state index is 0.517. The van der Waals surface area contributed by atoms with Crippen molar-refractivity contribution >= 4 is 11.8 Å². The predicted molar refractivity (Wildman–Crippen MR) is 101 cm³/mol. The lowest BCUT2D eigenvalue weighted by Gasteiger charge is -2.29. The summed E-state index contributed by atoms with van der Waals surface area (Å²) in [5.74, 6) is 0. The molecule has 0 spiro atoms. The molecule has 0 aromatic heterocycles. The van der Waals surface area contributed by atoms with Crippen molar-refractivity contribution in [2.75, 3.05) is 31.1 Å². The smallest absolute Gasteiger partial charge is 0.0470 e. The molecule has 2 heterocycles. The Morgan fingerprint density at radius 3 is 2.54 bits per heavy atom. The van der Waals surface area contributed by atoms with Gasteiger partial charge < -0.3 is 4.90 Å². The Balaban J connectivity index is 1.44. The zero-order valence-electron chi connectivity index (χ0n) is 14.4. The monoisotopic (exact) mass is 318 g/mol. The molecule has 2 aliphatic carbocycles. The van der Waals surface area contributed by atoms with Gasteiger partial charge >= 0.3 is 0 Å². The summed E-state index contributed by atoms with van der Waals surface area (Å²) in [7, 11) is 0. The highest BCUT2D eigenvalue weighted by Gasteiger charge is 2.24. The topological polar surface area (TPSA) is 6.48 Å². The van der Waals surface area contributed by atoms with E-state index in [1.54, 1.807) is 0 Å². The first kappa shape index (κ1) is 14.5. The quantitative estimate of drug-likeness (QED) is 0.807. The normalized spacial score (nSPS) is 26.2. The summed E-state index contributed by atoms with van der Waals surface area (Å²) in [6.45, 7) is 4.96. The van der Waals surface area contributed by atoms with Gasteiger partial charge in [0.15, 0.2) is 0 Å². The maximum absolute atomic E-state index is 2.62. The molecule has 2 aliphatic heterocycles. The lowest BCUT2D eigenvalue weighted by molar-refractivity contribution is 0.321. The van der Waals surface area contributed by atoms with Gasteiger partial charge in [0.2, 0.25) is 0 Å². The molecule has 0 amide bonds. The molecule has 124 valence electrons. The first-order chi connectivity index (χ1) is 11.9. The molecule has 1 aromatic rings. The fourth-order valence-corrected chi connectivity index (χ4v) is 4.67. The Morgan fingerprint density at radius 2 is 1.71 bits per heavy atom. The molecular formula is C22H26N2. The van der Waals surface area contributed by atoms with Crippen LogP contribution in [0.4, 0.5) is 5.69 Å². The van der Waals surface area contributed by atoms with Crippen molar-refractivity contribution < 1.29 is 0 Å². The van der Waals surface area contributed by atoms with Crippen LogP contribution in [-0.4, -0.2) is 37.1 Å². The average Bonchev–Trinajstić information content (AvgIpc) is 3.32. The summed E-state index contributed by atoms with van der Waals surface area (Å²) in [5.41, 5.74) is 7.29. The maximum atomic E-state index is 2.62. The number of fused-ring (bicyclic) bond motifs is 2. The molecule has 2 fully saturated rings. The number of anilines is 1. The van der Waals surface area contributed by atoms with Gasteiger partial charge in [0.1, 0.15) is 0 Å². The molecule has 1 aromatic carbocycles.